The van der Waals surface area contributed by atoms with Crippen molar-refractivity contribution in [2.24, 2.45) is 5.73 Å². The number of alkyl halides is 1. The molecule has 0 radical (unpaired) electrons. The van der Waals surface area contributed by atoms with E-state index in [0.29, 0.717) is 0 Å². The zero-order valence-electron chi connectivity index (χ0n) is 6.25. The topological polar surface area (TPSA) is 35.2 Å². The van der Waals surface area contributed by atoms with Gasteiger partial charge in [-0.15, -0.1) is 0 Å². The summed E-state index contributed by atoms with van der Waals surface area (Å²) in [5.74, 6) is 0.866. The molecule has 2 N–H and O–H groups in total. The summed E-state index contributed by atoms with van der Waals surface area (Å²) in [5.41, 5.74) is 6.77. The van der Waals surface area contributed by atoms with E-state index in [-0.39, 0.29) is 4.05 Å². The Morgan fingerprint density at radius 3 is 2.27 bits per heavy atom. The van der Waals surface area contributed by atoms with Gasteiger partial charge in [-0.05, 0) is 17.7 Å². The Hall–Kier alpha value is -0.290. The second-order valence-corrected chi connectivity index (χ2v) is 3.52. The molecule has 0 saturated heterocycles. The minimum Gasteiger partial charge on any atom is -0.497 e. The van der Waals surface area contributed by atoms with Crippen molar-refractivity contribution in [3.05, 3.63) is 29.8 Å². The molecule has 1 rings (SSSR count). The van der Waals surface area contributed by atoms with Crippen LogP contribution in [0.3, 0.4) is 0 Å². The maximum absolute atomic E-state index is 5.65. The van der Waals surface area contributed by atoms with Gasteiger partial charge in [-0.2, -0.15) is 0 Å². The first-order chi connectivity index (χ1) is 5.24. The van der Waals surface area contributed by atoms with Gasteiger partial charge in [0, 0.05) is 0 Å². The van der Waals surface area contributed by atoms with Crippen molar-refractivity contribution in [1.82, 2.24) is 0 Å². The van der Waals surface area contributed by atoms with Crippen LogP contribution in [0, 0.1) is 0 Å². The fourth-order valence-corrected chi connectivity index (χ4v) is 1.20. The molecule has 0 aliphatic heterocycles. The molecule has 0 aliphatic carbocycles. The Bertz CT molecular complexity index is 220. The SMILES string of the molecule is COc1ccc(C(N)I)cc1. The van der Waals surface area contributed by atoms with Crippen LogP contribution in [0.25, 0.3) is 0 Å². The third kappa shape index (κ3) is 2.34. The monoisotopic (exact) mass is 263 g/mol. The van der Waals surface area contributed by atoms with Crippen molar-refractivity contribution >= 4 is 22.6 Å². The molecule has 1 unspecified atom stereocenters. The Kier molecular flexibility index (Phi) is 3.14. The van der Waals surface area contributed by atoms with E-state index in [0.717, 1.165) is 11.3 Å². The fraction of sp³-hybridized carbons (Fsp3) is 0.250. The van der Waals surface area contributed by atoms with Gasteiger partial charge >= 0.3 is 0 Å². The molecular weight excluding hydrogens is 253 g/mol. The lowest BCUT2D eigenvalue weighted by Gasteiger charge is -2.04. The maximum atomic E-state index is 5.65. The summed E-state index contributed by atoms with van der Waals surface area (Å²) in [6.45, 7) is 0. The van der Waals surface area contributed by atoms with Crippen LogP contribution in [0.5, 0.6) is 5.75 Å². The molecule has 0 heterocycles. The number of nitrogens with two attached hydrogens (primary N) is 1. The number of hydrogen-bond donors (Lipinski definition) is 1. The molecule has 0 bridgehead atoms. The quantitative estimate of drug-likeness (QED) is 0.503. The summed E-state index contributed by atoms with van der Waals surface area (Å²) in [5, 5.41) is 0. The first-order valence-corrected chi connectivity index (χ1v) is 4.52. The van der Waals surface area contributed by atoms with Crippen molar-refractivity contribution in [1.29, 1.82) is 0 Å². The van der Waals surface area contributed by atoms with E-state index < -0.39 is 0 Å². The molecule has 60 valence electrons. The molecule has 0 spiro atoms. The van der Waals surface area contributed by atoms with E-state index in [1.807, 2.05) is 24.3 Å². The molecular formula is C8H10INO. The van der Waals surface area contributed by atoms with E-state index >= 15 is 0 Å². The third-order valence-corrected chi connectivity index (χ3v) is 2.15. The predicted octanol–water partition coefficient (Wildman–Crippen LogP) is 2.09. The van der Waals surface area contributed by atoms with Gasteiger partial charge in [0.2, 0.25) is 0 Å². The molecule has 0 fully saturated rings. The first kappa shape index (κ1) is 8.80. The van der Waals surface area contributed by atoms with Crippen LogP contribution in [0.4, 0.5) is 0 Å². The second kappa shape index (κ2) is 3.92. The molecule has 1 atom stereocenters. The lowest BCUT2D eigenvalue weighted by atomic mass is 10.2. The van der Waals surface area contributed by atoms with E-state index in [2.05, 4.69) is 22.6 Å². The van der Waals surface area contributed by atoms with Gasteiger partial charge in [0.05, 0.1) is 11.2 Å². The van der Waals surface area contributed by atoms with Crippen LogP contribution in [-0.4, -0.2) is 7.11 Å². The molecule has 0 amide bonds. The molecule has 3 heteroatoms. The largest absolute Gasteiger partial charge is 0.497 e. The number of halogens is 1. The molecule has 1 aromatic carbocycles. The normalized spacial score (nSPS) is 12.6. The molecule has 2 nitrogen and oxygen atoms in total. The lowest BCUT2D eigenvalue weighted by molar-refractivity contribution is 0.414. The fourth-order valence-electron chi connectivity index (χ4n) is 0.788. The van der Waals surface area contributed by atoms with E-state index in [9.17, 15) is 0 Å². The summed E-state index contributed by atoms with van der Waals surface area (Å²) in [4.78, 5) is 0. The van der Waals surface area contributed by atoms with Crippen molar-refractivity contribution in [3.8, 4) is 5.75 Å². The molecule has 1 aromatic rings. The number of ether oxygens (including phenoxy) is 1. The van der Waals surface area contributed by atoms with E-state index in [1.165, 1.54) is 0 Å². The smallest absolute Gasteiger partial charge is 0.118 e. The van der Waals surface area contributed by atoms with Crippen molar-refractivity contribution in [2.75, 3.05) is 7.11 Å². The highest BCUT2D eigenvalue weighted by Crippen LogP contribution is 2.19. The molecule has 0 aliphatic rings. The van der Waals surface area contributed by atoms with Crippen LogP contribution >= 0.6 is 22.6 Å². The Balaban J connectivity index is 2.83. The summed E-state index contributed by atoms with van der Waals surface area (Å²) in [7, 11) is 1.65. The molecule has 0 saturated carbocycles. The Morgan fingerprint density at radius 2 is 1.91 bits per heavy atom. The van der Waals surface area contributed by atoms with Crippen molar-refractivity contribution in [3.63, 3.8) is 0 Å². The average molecular weight is 263 g/mol. The van der Waals surface area contributed by atoms with Gasteiger partial charge in [-0.25, -0.2) is 0 Å². The van der Waals surface area contributed by atoms with Crippen LogP contribution in [-0.2, 0) is 0 Å². The van der Waals surface area contributed by atoms with Gasteiger partial charge in [0.15, 0.2) is 0 Å². The van der Waals surface area contributed by atoms with Gasteiger partial charge < -0.3 is 10.5 Å². The minimum absolute atomic E-state index is 0.0681. The lowest BCUT2D eigenvalue weighted by Crippen LogP contribution is -2.00. The summed E-state index contributed by atoms with van der Waals surface area (Å²) >= 11 is 2.17. The number of rotatable bonds is 2. The second-order valence-electron chi connectivity index (χ2n) is 2.17. The van der Waals surface area contributed by atoms with Gasteiger partial charge in [0.25, 0.3) is 0 Å². The van der Waals surface area contributed by atoms with Gasteiger partial charge in [0.1, 0.15) is 5.75 Å². The number of methoxy groups -OCH3 is 1. The Morgan fingerprint density at radius 1 is 1.36 bits per heavy atom. The van der Waals surface area contributed by atoms with Gasteiger partial charge in [-0.1, -0.05) is 34.7 Å². The maximum Gasteiger partial charge on any atom is 0.118 e. The average Bonchev–Trinajstić information content (AvgIpc) is 2.05. The summed E-state index contributed by atoms with van der Waals surface area (Å²) in [6.07, 6.45) is 0. The minimum atomic E-state index is 0.0681. The van der Waals surface area contributed by atoms with Crippen LogP contribution in [0.15, 0.2) is 24.3 Å². The highest BCUT2D eigenvalue weighted by atomic mass is 127. The van der Waals surface area contributed by atoms with Crippen LogP contribution in [0.1, 0.15) is 9.61 Å². The highest BCUT2D eigenvalue weighted by Gasteiger charge is 1.99. The number of hydrogen-bond acceptors (Lipinski definition) is 2. The predicted molar refractivity (Wildman–Crippen MR) is 53.9 cm³/mol. The summed E-state index contributed by atoms with van der Waals surface area (Å²) in [6, 6.07) is 7.76. The zero-order valence-corrected chi connectivity index (χ0v) is 8.41. The van der Waals surface area contributed by atoms with Crippen LogP contribution in [0.2, 0.25) is 0 Å². The standard InChI is InChI=1S/C8H10INO/c1-11-7-4-2-6(3-5-7)8(9)10/h2-5,8H,10H2,1H3. The van der Waals surface area contributed by atoms with E-state index in [1.54, 1.807) is 7.11 Å². The Labute approximate surface area is 79.9 Å². The molecule has 0 aromatic heterocycles. The van der Waals surface area contributed by atoms with Crippen molar-refractivity contribution in [2.45, 2.75) is 4.05 Å². The number of benzene rings is 1. The van der Waals surface area contributed by atoms with E-state index in [4.69, 9.17) is 10.5 Å². The first-order valence-electron chi connectivity index (χ1n) is 3.27. The van der Waals surface area contributed by atoms with Crippen molar-refractivity contribution < 1.29 is 4.74 Å². The third-order valence-electron chi connectivity index (χ3n) is 1.43. The molecule has 11 heavy (non-hydrogen) atoms. The van der Waals surface area contributed by atoms with Gasteiger partial charge in [-0.3, -0.25) is 0 Å². The van der Waals surface area contributed by atoms with Crippen LogP contribution < -0.4 is 10.5 Å². The summed E-state index contributed by atoms with van der Waals surface area (Å²) < 4.78 is 5.07. The highest BCUT2D eigenvalue weighted by molar-refractivity contribution is 14.1. The zero-order chi connectivity index (χ0) is 8.27.